The van der Waals surface area contributed by atoms with Gasteiger partial charge in [0.1, 0.15) is 5.75 Å². The number of hydrogen-bond donors (Lipinski definition) is 1. The maximum Gasteiger partial charge on any atom is 0.262 e. The summed E-state index contributed by atoms with van der Waals surface area (Å²) in [6.45, 7) is 8.75. The molecular weight excluding hydrogens is 382 g/mol. The molecule has 3 aromatic rings. The number of carbonyl (C=O) groups excluding carboxylic acids is 1. The molecule has 150 valence electrons. The van der Waals surface area contributed by atoms with Crippen molar-refractivity contribution in [1.29, 1.82) is 0 Å². The quantitative estimate of drug-likeness (QED) is 0.622. The van der Waals surface area contributed by atoms with Crippen LogP contribution in [0.15, 0.2) is 52.8 Å². The van der Waals surface area contributed by atoms with Gasteiger partial charge in [-0.2, -0.15) is 0 Å². The summed E-state index contributed by atoms with van der Waals surface area (Å²) in [7, 11) is 0. The van der Waals surface area contributed by atoms with Crippen molar-refractivity contribution in [3.8, 4) is 17.0 Å². The molecule has 4 rings (SSSR count). The molecule has 0 radical (unpaired) electrons. The molecule has 2 aromatic carbocycles. The number of anilines is 1. The van der Waals surface area contributed by atoms with Gasteiger partial charge in [0.25, 0.3) is 5.91 Å². The van der Waals surface area contributed by atoms with Crippen LogP contribution >= 0.6 is 11.3 Å². The van der Waals surface area contributed by atoms with E-state index in [1.54, 1.807) is 11.3 Å². The van der Waals surface area contributed by atoms with E-state index in [9.17, 15) is 4.79 Å². The summed E-state index contributed by atoms with van der Waals surface area (Å²) in [5, 5.41) is 5.01. The molecule has 0 atom stereocenters. The van der Waals surface area contributed by atoms with Crippen LogP contribution in [0.2, 0.25) is 0 Å². The third-order valence-corrected chi connectivity index (χ3v) is 5.79. The molecule has 29 heavy (non-hydrogen) atoms. The summed E-state index contributed by atoms with van der Waals surface area (Å²) in [6.07, 6.45) is 0. The van der Waals surface area contributed by atoms with Crippen molar-refractivity contribution in [2.24, 2.45) is 4.99 Å². The maximum atomic E-state index is 11.7. The standard InChI is InChI=1S/C23H25N3O2S/c1-14(2)16-5-8-18(9-6-16)24-23-26(15(3)4)20(13-29-23)17-7-10-21-19(11-17)25-22(27)12-28-21/h5-11,13-15H,12H2,1-4H3,(H,25,27). The topological polar surface area (TPSA) is 55.6 Å². The third kappa shape index (κ3) is 3.98. The number of rotatable bonds is 4. The van der Waals surface area contributed by atoms with Crippen LogP contribution < -0.4 is 14.9 Å². The molecule has 0 unspecified atom stereocenters. The number of nitrogens with one attached hydrogen (secondary N) is 1. The number of amides is 1. The van der Waals surface area contributed by atoms with E-state index < -0.39 is 0 Å². The van der Waals surface area contributed by atoms with Gasteiger partial charge in [0.2, 0.25) is 0 Å². The van der Waals surface area contributed by atoms with E-state index in [0.29, 0.717) is 17.4 Å². The average Bonchev–Trinajstić information content (AvgIpc) is 3.11. The largest absolute Gasteiger partial charge is 0.482 e. The fourth-order valence-corrected chi connectivity index (χ4v) is 4.45. The first-order valence-electron chi connectivity index (χ1n) is 9.84. The number of aromatic nitrogens is 1. The molecule has 0 saturated carbocycles. The van der Waals surface area contributed by atoms with Crippen LogP contribution in [0.4, 0.5) is 11.4 Å². The summed E-state index contributed by atoms with van der Waals surface area (Å²) in [6, 6.07) is 14.6. The van der Waals surface area contributed by atoms with E-state index in [2.05, 4.69) is 67.2 Å². The molecule has 1 aliphatic rings. The zero-order valence-corrected chi connectivity index (χ0v) is 17.9. The Morgan fingerprint density at radius 3 is 2.55 bits per heavy atom. The first kappa shape index (κ1) is 19.5. The van der Waals surface area contributed by atoms with Gasteiger partial charge in [0, 0.05) is 17.0 Å². The summed E-state index contributed by atoms with van der Waals surface area (Å²) in [4.78, 5) is 17.5. The monoisotopic (exact) mass is 407 g/mol. The van der Waals surface area contributed by atoms with Crippen molar-refractivity contribution in [3.05, 3.63) is 58.2 Å². The van der Waals surface area contributed by atoms with Gasteiger partial charge in [0.05, 0.1) is 17.1 Å². The Bertz CT molecular complexity index is 1110. The molecule has 0 bridgehead atoms. The number of fused-ring (bicyclic) bond motifs is 1. The Morgan fingerprint density at radius 2 is 1.86 bits per heavy atom. The lowest BCUT2D eigenvalue weighted by Gasteiger charge is -2.19. The van der Waals surface area contributed by atoms with E-state index in [1.807, 2.05) is 18.2 Å². The summed E-state index contributed by atoms with van der Waals surface area (Å²) >= 11 is 1.62. The number of hydrogen-bond acceptors (Lipinski definition) is 4. The Hall–Kier alpha value is -2.86. The van der Waals surface area contributed by atoms with E-state index in [0.717, 1.165) is 21.7 Å². The summed E-state index contributed by atoms with van der Waals surface area (Å²) < 4.78 is 7.71. The highest BCUT2D eigenvalue weighted by molar-refractivity contribution is 7.07. The van der Waals surface area contributed by atoms with Crippen LogP contribution in [-0.2, 0) is 4.79 Å². The zero-order chi connectivity index (χ0) is 20.5. The van der Waals surface area contributed by atoms with Crippen LogP contribution in [-0.4, -0.2) is 17.1 Å². The average molecular weight is 408 g/mol. The molecule has 2 heterocycles. The van der Waals surface area contributed by atoms with Crippen molar-refractivity contribution in [2.75, 3.05) is 11.9 Å². The van der Waals surface area contributed by atoms with E-state index >= 15 is 0 Å². The van der Waals surface area contributed by atoms with Gasteiger partial charge in [-0.3, -0.25) is 4.79 Å². The molecule has 0 saturated heterocycles. The van der Waals surface area contributed by atoms with Gasteiger partial charge in [-0.1, -0.05) is 26.0 Å². The van der Waals surface area contributed by atoms with Crippen molar-refractivity contribution in [2.45, 2.75) is 39.7 Å². The SMILES string of the molecule is CC(C)c1ccc(N=c2scc(-c3ccc4c(c3)NC(=O)CO4)n2C(C)C)cc1. The molecule has 0 spiro atoms. The molecule has 1 aromatic heterocycles. The fourth-order valence-electron chi connectivity index (χ4n) is 3.40. The Balaban J connectivity index is 1.76. The van der Waals surface area contributed by atoms with E-state index in [4.69, 9.17) is 9.73 Å². The highest BCUT2D eigenvalue weighted by atomic mass is 32.1. The predicted octanol–water partition coefficient (Wildman–Crippen LogP) is 5.48. The first-order valence-corrected chi connectivity index (χ1v) is 10.7. The number of carbonyl (C=O) groups is 1. The molecule has 0 aliphatic carbocycles. The lowest BCUT2D eigenvalue weighted by molar-refractivity contribution is -0.118. The van der Waals surface area contributed by atoms with E-state index in [-0.39, 0.29) is 18.6 Å². The molecular formula is C23H25N3O2S. The van der Waals surface area contributed by atoms with E-state index in [1.165, 1.54) is 5.56 Å². The minimum absolute atomic E-state index is 0.0649. The second kappa shape index (κ2) is 7.87. The third-order valence-electron chi connectivity index (χ3n) is 4.95. The smallest absolute Gasteiger partial charge is 0.262 e. The zero-order valence-electron chi connectivity index (χ0n) is 17.1. The van der Waals surface area contributed by atoms with Crippen molar-refractivity contribution < 1.29 is 9.53 Å². The van der Waals surface area contributed by atoms with Gasteiger partial charge in [-0.25, -0.2) is 4.99 Å². The Morgan fingerprint density at radius 1 is 1.10 bits per heavy atom. The first-order chi connectivity index (χ1) is 13.9. The number of ether oxygens (including phenoxy) is 1. The van der Waals surface area contributed by atoms with Crippen molar-refractivity contribution in [3.63, 3.8) is 0 Å². The minimum Gasteiger partial charge on any atom is -0.482 e. The van der Waals surface area contributed by atoms with Gasteiger partial charge in [-0.05, 0) is 55.7 Å². The maximum absolute atomic E-state index is 11.7. The number of nitrogens with zero attached hydrogens (tertiary/aromatic N) is 2. The molecule has 1 N–H and O–H groups in total. The highest BCUT2D eigenvalue weighted by Gasteiger charge is 2.18. The molecule has 1 amide bonds. The predicted molar refractivity (Wildman–Crippen MR) is 118 cm³/mol. The second-order valence-corrected chi connectivity index (χ2v) is 8.61. The second-order valence-electron chi connectivity index (χ2n) is 7.77. The Kier molecular flexibility index (Phi) is 5.28. The summed E-state index contributed by atoms with van der Waals surface area (Å²) in [5.74, 6) is 1.08. The number of thiazole rings is 1. The highest BCUT2D eigenvalue weighted by Crippen LogP contribution is 2.33. The molecule has 0 fully saturated rings. The fraction of sp³-hybridized carbons (Fsp3) is 0.304. The van der Waals surface area contributed by atoms with Gasteiger partial charge < -0.3 is 14.6 Å². The summed E-state index contributed by atoms with van der Waals surface area (Å²) in [5.41, 5.74) is 5.07. The normalized spacial score (nSPS) is 14.1. The minimum atomic E-state index is -0.128. The molecule has 1 aliphatic heterocycles. The van der Waals surface area contributed by atoms with Crippen LogP contribution in [0.25, 0.3) is 11.3 Å². The van der Waals surface area contributed by atoms with Crippen LogP contribution in [0, 0.1) is 0 Å². The lowest BCUT2D eigenvalue weighted by Crippen LogP contribution is -2.25. The van der Waals surface area contributed by atoms with Gasteiger partial charge >= 0.3 is 0 Å². The van der Waals surface area contributed by atoms with Crippen molar-refractivity contribution >= 4 is 28.6 Å². The lowest BCUT2D eigenvalue weighted by atomic mass is 10.0. The van der Waals surface area contributed by atoms with Crippen molar-refractivity contribution in [1.82, 2.24) is 4.57 Å². The molecule has 5 nitrogen and oxygen atoms in total. The van der Waals surface area contributed by atoms with Crippen LogP contribution in [0.5, 0.6) is 5.75 Å². The molecule has 6 heteroatoms. The Labute approximate surface area is 174 Å². The van der Waals surface area contributed by atoms with Crippen LogP contribution in [0.3, 0.4) is 0 Å². The van der Waals surface area contributed by atoms with Crippen LogP contribution in [0.1, 0.15) is 45.2 Å². The number of benzene rings is 2. The van der Waals surface area contributed by atoms with Gasteiger partial charge in [-0.15, -0.1) is 11.3 Å². The van der Waals surface area contributed by atoms with Gasteiger partial charge in [0.15, 0.2) is 11.4 Å².